The first kappa shape index (κ1) is 20.0. The van der Waals surface area contributed by atoms with Crippen molar-refractivity contribution < 1.29 is 17.9 Å². The van der Waals surface area contributed by atoms with Crippen molar-refractivity contribution in [2.24, 2.45) is 0 Å². The van der Waals surface area contributed by atoms with Crippen molar-refractivity contribution in [2.45, 2.75) is 24.8 Å². The summed E-state index contributed by atoms with van der Waals surface area (Å²) < 4.78 is 32.3. The molecule has 0 amide bonds. The Labute approximate surface area is 164 Å². The molecule has 2 aromatic rings. The number of rotatable bonds is 5. The van der Waals surface area contributed by atoms with E-state index in [9.17, 15) is 13.2 Å². The second kappa shape index (κ2) is 8.52. The summed E-state index contributed by atoms with van der Waals surface area (Å²) in [5.41, 5.74) is 2.51. The van der Waals surface area contributed by atoms with Crippen molar-refractivity contribution in [1.82, 2.24) is 9.21 Å². The van der Waals surface area contributed by atoms with Crippen LogP contribution in [-0.2, 0) is 21.3 Å². The van der Waals surface area contributed by atoms with Crippen LogP contribution in [0.15, 0.2) is 40.6 Å². The van der Waals surface area contributed by atoms with Gasteiger partial charge >= 0.3 is 5.97 Å². The van der Waals surface area contributed by atoms with E-state index in [1.165, 1.54) is 28.6 Å². The Morgan fingerprint density at radius 3 is 2.67 bits per heavy atom. The SMILES string of the molecule is COC(=O)c1sccc1S(=O)(=O)N1CCCN(Cc2ccccc2C)CC1. The van der Waals surface area contributed by atoms with Gasteiger partial charge in [0.1, 0.15) is 9.77 Å². The summed E-state index contributed by atoms with van der Waals surface area (Å²) >= 11 is 1.09. The Balaban J connectivity index is 1.73. The number of hydrogen-bond donors (Lipinski definition) is 0. The summed E-state index contributed by atoms with van der Waals surface area (Å²) in [5.74, 6) is -0.612. The van der Waals surface area contributed by atoms with Gasteiger partial charge in [0.25, 0.3) is 0 Å². The fourth-order valence-electron chi connectivity index (χ4n) is 3.26. The van der Waals surface area contributed by atoms with Gasteiger partial charge in [-0.05, 0) is 42.5 Å². The number of nitrogens with zero attached hydrogens (tertiary/aromatic N) is 2. The number of hydrogen-bond acceptors (Lipinski definition) is 6. The van der Waals surface area contributed by atoms with Gasteiger partial charge in [-0.25, -0.2) is 13.2 Å². The van der Waals surface area contributed by atoms with Crippen LogP contribution in [0.2, 0.25) is 0 Å². The molecule has 1 aromatic carbocycles. The predicted octanol–water partition coefficient (Wildman–Crippen LogP) is 2.74. The smallest absolute Gasteiger partial charge is 0.349 e. The molecular formula is C19H24N2O4S2. The molecule has 0 saturated carbocycles. The van der Waals surface area contributed by atoms with E-state index in [0.717, 1.165) is 30.8 Å². The van der Waals surface area contributed by atoms with Crippen molar-refractivity contribution in [3.8, 4) is 0 Å². The summed E-state index contributed by atoms with van der Waals surface area (Å²) in [5, 5.41) is 1.61. The lowest BCUT2D eigenvalue weighted by Gasteiger charge is -2.22. The van der Waals surface area contributed by atoms with Gasteiger partial charge in [0, 0.05) is 26.2 Å². The lowest BCUT2D eigenvalue weighted by molar-refractivity contribution is 0.0602. The van der Waals surface area contributed by atoms with Gasteiger partial charge in [0.15, 0.2) is 0 Å². The molecule has 0 aliphatic carbocycles. The van der Waals surface area contributed by atoms with Crippen LogP contribution in [0.25, 0.3) is 0 Å². The summed E-state index contributed by atoms with van der Waals surface area (Å²) in [6.07, 6.45) is 0.753. The molecule has 8 heteroatoms. The largest absolute Gasteiger partial charge is 0.465 e. The van der Waals surface area contributed by atoms with E-state index in [0.29, 0.717) is 19.6 Å². The summed E-state index contributed by atoms with van der Waals surface area (Å²) in [7, 11) is -2.46. The van der Waals surface area contributed by atoms with E-state index in [1.54, 1.807) is 5.38 Å². The van der Waals surface area contributed by atoms with E-state index >= 15 is 0 Å². The number of benzene rings is 1. The van der Waals surface area contributed by atoms with Gasteiger partial charge in [-0.1, -0.05) is 24.3 Å². The van der Waals surface area contributed by atoms with E-state index in [4.69, 9.17) is 4.74 Å². The first-order valence-electron chi connectivity index (χ1n) is 8.86. The van der Waals surface area contributed by atoms with Crippen molar-refractivity contribution in [2.75, 3.05) is 33.3 Å². The highest BCUT2D eigenvalue weighted by atomic mass is 32.2. The first-order chi connectivity index (χ1) is 12.9. The summed E-state index contributed by atoms with van der Waals surface area (Å²) in [6, 6.07) is 9.75. The second-order valence-corrected chi connectivity index (χ2v) is 9.39. The number of ether oxygens (including phenoxy) is 1. The quantitative estimate of drug-likeness (QED) is 0.712. The molecule has 1 aliphatic heterocycles. The minimum atomic E-state index is -3.72. The van der Waals surface area contributed by atoms with Gasteiger partial charge in [-0.15, -0.1) is 11.3 Å². The lowest BCUT2D eigenvalue weighted by atomic mass is 10.1. The average molecular weight is 409 g/mol. The van der Waals surface area contributed by atoms with Gasteiger partial charge in [0.05, 0.1) is 7.11 Å². The third kappa shape index (κ3) is 4.40. The highest BCUT2D eigenvalue weighted by molar-refractivity contribution is 7.89. The maximum Gasteiger partial charge on any atom is 0.349 e. The molecule has 27 heavy (non-hydrogen) atoms. The van der Waals surface area contributed by atoms with Crippen LogP contribution < -0.4 is 0 Å². The summed E-state index contributed by atoms with van der Waals surface area (Å²) in [6.45, 7) is 5.26. The molecular weight excluding hydrogens is 384 g/mol. The molecule has 3 rings (SSSR count). The van der Waals surface area contributed by atoms with Crippen LogP contribution in [0, 0.1) is 6.92 Å². The molecule has 0 radical (unpaired) electrons. The molecule has 0 atom stereocenters. The van der Waals surface area contributed by atoms with E-state index in [1.807, 2.05) is 12.1 Å². The number of methoxy groups -OCH3 is 1. The standard InChI is InChI=1S/C19H24N2O4S2/c1-15-6-3-4-7-16(15)14-20-9-5-10-21(12-11-20)27(23,24)17-8-13-26-18(17)19(22)25-2/h3-4,6-8,13H,5,9-12,14H2,1-2H3. The van der Waals surface area contributed by atoms with E-state index < -0.39 is 16.0 Å². The van der Waals surface area contributed by atoms with Crippen LogP contribution in [0.3, 0.4) is 0 Å². The van der Waals surface area contributed by atoms with Crippen molar-refractivity contribution >= 4 is 27.3 Å². The highest BCUT2D eigenvalue weighted by Gasteiger charge is 2.31. The number of sulfonamides is 1. The lowest BCUT2D eigenvalue weighted by Crippen LogP contribution is -2.35. The Hall–Kier alpha value is -1.74. The topological polar surface area (TPSA) is 66.9 Å². The zero-order chi connectivity index (χ0) is 19.4. The van der Waals surface area contributed by atoms with Crippen LogP contribution in [0.5, 0.6) is 0 Å². The van der Waals surface area contributed by atoms with Crippen LogP contribution in [0.1, 0.15) is 27.2 Å². The Kier molecular flexibility index (Phi) is 6.31. The normalized spacial score (nSPS) is 16.8. The number of thiophene rings is 1. The van der Waals surface area contributed by atoms with Gasteiger partial charge in [-0.3, -0.25) is 4.90 Å². The molecule has 0 bridgehead atoms. The van der Waals surface area contributed by atoms with Crippen LogP contribution >= 0.6 is 11.3 Å². The van der Waals surface area contributed by atoms with E-state index in [2.05, 4.69) is 24.0 Å². The number of carbonyl (C=O) groups excluding carboxylic acids is 1. The highest BCUT2D eigenvalue weighted by Crippen LogP contribution is 2.27. The minimum Gasteiger partial charge on any atom is -0.465 e. The first-order valence-corrected chi connectivity index (χ1v) is 11.2. The minimum absolute atomic E-state index is 0.0479. The Bertz CT molecular complexity index is 908. The maximum absolute atomic E-state index is 13.1. The van der Waals surface area contributed by atoms with Crippen molar-refractivity contribution in [1.29, 1.82) is 0 Å². The monoisotopic (exact) mass is 408 g/mol. The fraction of sp³-hybridized carbons (Fsp3) is 0.421. The predicted molar refractivity (Wildman–Crippen MR) is 105 cm³/mol. The Morgan fingerprint density at radius 2 is 1.93 bits per heavy atom. The van der Waals surface area contributed by atoms with Crippen LogP contribution in [0.4, 0.5) is 0 Å². The van der Waals surface area contributed by atoms with E-state index in [-0.39, 0.29) is 9.77 Å². The second-order valence-electron chi connectivity index (χ2n) is 6.57. The molecule has 1 saturated heterocycles. The molecule has 0 unspecified atom stereocenters. The van der Waals surface area contributed by atoms with Gasteiger partial charge in [0.2, 0.25) is 10.0 Å². The molecule has 146 valence electrons. The Morgan fingerprint density at radius 1 is 1.15 bits per heavy atom. The van der Waals surface area contributed by atoms with Gasteiger partial charge in [-0.2, -0.15) is 4.31 Å². The zero-order valence-corrected chi connectivity index (χ0v) is 17.2. The molecule has 0 N–H and O–H groups in total. The number of carbonyl (C=O) groups is 1. The number of esters is 1. The molecule has 6 nitrogen and oxygen atoms in total. The molecule has 2 heterocycles. The van der Waals surface area contributed by atoms with Crippen molar-refractivity contribution in [3.05, 3.63) is 51.7 Å². The van der Waals surface area contributed by atoms with Crippen LogP contribution in [-0.4, -0.2) is 56.9 Å². The average Bonchev–Trinajstić information content (AvgIpc) is 3.04. The van der Waals surface area contributed by atoms with Crippen molar-refractivity contribution in [3.63, 3.8) is 0 Å². The third-order valence-electron chi connectivity index (χ3n) is 4.82. The van der Waals surface area contributed by atoms with Gasteiger partial charge < -0.3 is 4.74 Å². The molecule has 1 fully saturated rings. The fourth-order valence-corrected chi connectivity index (χ4v) is 6.03. The summed E-state index contributed by atoms with van der Waals surface area (Å²) in [4.78, 5) is 14.3. The third-order valence-corrected chi connectivity index (χ3v) is 7.79. The zero-order valence-electron chi connectivity index (χ0n) is 15.6. The molecule has 1 aromatic heterocycles. The maximum atomic E-state index is 13.1. The molecule has 1 aliphatic rings. The number of aryl methyl sites for hydroxylation is 1. The molecule has 0 spiro atoms.